The van der Waals surface area contributed by atoms with E-state index in [0.717, 1.165) is 0 Å². The average Bonchev–Trinajstić information content (AvgIpc) is 2.75. The van der Waals surface area contributed by atoms with Crippen LogP contribution in [-0.4, -0.2) is 90.8 Å². The summed E-state index contributed by atoms with van der Waals surface area (Å²) in [6.07, 6.45) is -10.8. The lowest BCUT2D eigenvalue weighted by Gasteiger charge is -2.39. The summed E-state index contributed by atoms with van der Waals surface area (Å²) in [6, 6.07) is 3.62. The largest absolute Gasteiger partial charge is 0.733 e. The second-order valence-electron chi connectivity index (χ2n) is 6.79. The molecule has 1 aliphatic rings. The SMILES string of the molecule is O=C(N[C@H](CO[C@@H]1O[C@H](C(=O)O)[C@@H](O)[C@H](O)[C@H]1O)[C@H](O)c1ccc(N([O-])O)cc1)C(Cl)Cl. The molecule has 2 rings (SSSR count). The van der Waals surface area contributed by atoms with E-state index in [1.807, 2.05) is 0 Å². The predicted octanol–water partition coefficient (Wildman–Crippen LogP) is -1.39. The van der Waals surface area contributed by atoms with Gasteiger partial charge in [0.05, 0.1) is 18.3 Å². The number of carboxylic acid groups (broad SMARTS) is 1. The quantitative estimate of drug-likeness (QED) is 0.154. The van der Waals surface area contributed by atoms with Crippen molar-refractivity contribution in [2.75, 3.05) is 11.8 Å². The van der Waals surface area contributed by atoms with E-state index >= 15 is 0 Å². The van der Waals surface area contributed by atoms with Gasteiger partial charge in [-0.25, -0.2) is 4.79 Å². The second-order valence-corrected chi connectivity index (χ2v) is 7.89. The molecule has 180 valence electrons. The Kier molecular flexibility index (Phi) is 9.41. The molecule has 1 aromatic carbocycles. The van der Waals surface area contributed by atoms with Crippen LogP contribution >= 0.6 is 23.2 Å². The summed E-state index contributed by atoms with van der Waals surface area (Å²) in [4.78, 5) is 21.6. The van der Waals surface area contributed by atoms with Crippen LogP contribution in [0.3, 0.4) is 0 Å². The highest BCUT2D eigenvalue weighted by Crippen LogP contribution is 2.25. The number of aliphatic hydroxyl groups is 4. The molecule has 7 N–H and O–H groups in total. The average molecular weight is 500 g/mol. The van der Waals surface area contributed by atoms with E-state index in [-0.39, 0.29) is 11.3 Å². The summed E-state index contributed by atoms with van der Waals surface area (Å²) in [5, 5.41) is 71.0. The lowest BCUT2D eigenvalue weighted by Crippen LogP contribution is -2.61. The summed E-state index contributed by atoms with van der Waals surface area (Å²) < 4.78 is 10.3. The van der Waals surface area contributed by atoms with Gasteiger partial charge in [-0.15, -0.1) is 0 Å². The maximum atomic E-state index is 11.9. The summed E-state index contributed by atoms with van der Waals surface area (Å²) in [6.45, 7) is -0.598. The topological polar surface area (TPSA) is 212 Å². The van der Waals surface area contributed by atoms with Crippen LogP contribution in [0.25, 0.3) is 0 Å². The van der Waals surface area contributed by atoms with E-state index in [4.69, 9.17) is 43.0 Å². The Morgan fingerprint density at radius 2 is 1.75 bits per heavy atom. The van der Waals surface area contributed by atoms with Crippen LogP contribution < -0.4 is 10.5 Å². The van der Waals surface area contributed by atoms with Crippen molar-refractivity contribution in [3.8, 4) is 0 Å². The first-order chi connectivity index (χ1) is 14.9. The Morgan fingerprint density at radius 1 is 1.16 bits per heavy atom. The normalized spacial score (nSPS) is 27.6. The number of alkyl halides is 2. The van der Waals surface area contributed by atoms with Crippen molar-refractivity contribution < 1.29 is 49.8 Å². The molecule has 0 aliphatic carbocycles. The van der Waals surface area contributed by atoms with Crippen LogP contribution in [-0.2, 0) is 19.1 Å². The number of hydrogen-bond donors (Lipinski definition) is 7. The highest BCUT2D eigenvalue weighted by atomic mass is 35.5. The Balaban J connectivity index is 2.17. The van der Waals surface area contributed by atoms with Crippen LogP contribution in [0, 0.1) is 5.21 Å². The van der Waals surface area contributed by atoms with Gasteiger partial charge in [0.25, 0.3) is 5.91 Å². The van der Waals surface area contributed by atoms with E-state index in [2.05, 4.69) is 5.32 Å². The lowest BCUT2D eigenvalue weighted by molar-refractivity contribution is -0.295. The molecule has 0 bridgehead atoms. The number of ether oxygens (including phenoxy) is 2. The number of carbonyl (C=O) groups excluding carboxylic acids is 1. The molecular formula is C17H21Cl2N2O11-. The molecular weight excluding hydrogens is 479 g/mol. The van der Waals surface area contributed by atoms with Gasteiger partial charge in [-0.2, -0.15) is 0 Å². The third-order valence-corrected chi connectivity index (χ3v) is 5.01. The highest BCUT2D eigenvalue weighted by Gasteiger charge is 2.47. The molecule has 7 atom stereocenters. The number of aliphatic hydroxyl groups excluding tert-OH is 4. The van der Waals surface area contributed by atoms with Crippen molar-refractivity contribution in [3.05, 3.63) is 35.0 Å². The number of aliphatic carboxylic acids is 1. The van der Waals surface area contributed by atoms with Crippen molar-refractivity contribution in [1.82, 2.24) is 5.32 Å². The second kappa shape index (κ2) is 11.4. The molecule has 0 unspecified atom stereocenters. The number of amides is 1. The number of halogens is 2. The molecule has 1 aromatic rings. The molecule has 0 spiro atoms. The zero-order valence-corrected chi connectivity index (χ0v) is 17.6. The zero-order chi connectivity index (χ0) is 24.2. The van der Waals surface area contributed by atoms with Gasteiger partial charge < -0.3 is 50.8 Å². The van der Waals surface area contributed by atoms with E-state index in [1.165, 1.54) is 24.3 Å². The molecule has 0 saturated carbocycles. The predicted molar refractivity (Wildman–Crippen MR) is 107 cm³/mol. The molecule has 1 heterocycles. The Labute approximate surface area is 190 Å². The molecule has 0 radical (unpaired) electrons. The van der Waals surface area contributed by atoms with Crippen molar-refractivity contribution in [3.63, 3.8) is 0 Å². The van der Waals surface area contributed by atoms with E-state index in [1.54, 1.807) is 0 Å². The van der Waals surface area contributed by atoms with Crippen molar-refractivity contribution >= 4 is 40.8 Å². The molecule has 1 saturated heterocycles. The number of nitrogens with one attached hydrogen (secondary N) is 1. The van der Waals surface area contributed by atoms with Crippen LogP contribution in [0.4, 0.5) is 5.69 Å². The monoisotopic (exact) mass is 499 g/mol. The minimum absolute atomic E-state index is 0.134. The summed E-state index contributed by atoms with van der Waals surface area (Å²) in [5.74, 6) is -2.53. The first kappa shape index (κ1) is 26.5. The molecule has 32 heavy (non-hydrogen) atoms. The summed E-state index contributed by atoms with van der Waals surface area (Å²) >= 11 is 11.0. The molecule has 1 aliphatic heterocycles. The highest BCUT2D eigenvalue weighted by molar-refractivity contribution is 6.53. The fraction of sp³-hybridized carbons (Fsp3) is 0.529. The fourth-order valence-corrected chi connectivity index (χ4v) is 3.00. The molecule has 15 heteroatoms. The number of hydrogen-bond acceptors (Lipinski definition) is 11. The zero-order valence-electron chi connectivity index (χ0n) is 16.1. The van der Waals surface area contributed by atoms with Crippen LogP contribution in [0.1, 0.15) is 11.7 Å². The van der Waals surface area contributed by atoms with Gasteiger partial charge in [-0.3, -0.25) is 10.0 Å². The van der Waals surface area contributed by atoms with Gasteiger partial charge in [0.15, 0.2) is 17.2 Å². The number of benzene rings is 1. The van der Waals surface area contributed by atoms with Gasteiger partial charge in [0.1, 0.15) is 24.4 Å². The molecule has 1 amide bonds. The number of carbonyl (C=O) groups is 2. The van der Waals surface area contributed by atoms with Crippen molar-refractivity contribution in [2.45, 2.75) is 47.7 Å². The van der Waals surface area contributed by atoms with E-state index in [9.17, 15) is 35.2 Å². The van der Waals surface area contributed by atoms with Crippen molar-refractivity contribution in [1.29, 1.82) is 0 Å². The molecule has 0 aromatic heterocycles. The van der Waals surface area contributed by atoms with Gasteiger partial charge in [0.2, 0.25) is 0 Å². The Morgan fingerprint density at radius 3 is 2.25 bits per heavy atom. The third kappa shape index (κ3) is 6.39. The Hall–Kier alpha value is -1.78. The standard InChI is InChI=1S/C17H21Cl2N2O11/c18-14(19)15(26)20-8(9(22)6-1-3-7(4-2-6)21(29)30)5-31-17-12(25)10(23)11(24)13(32-17)16(27)28/h1-4,8-14,17,22-25,29H,5H2,(H,20,26)(H,27,28)/q-1/t8-,9-,10+,11+,12-,13+,17-/m1/s1. The van der Waals surface area contributed by atoms with E-state index in [0.29, 0.717) is 0 Å². The smallest absolute Gasteiger partial charge is 0.335 e. The first-order valence-corrected chi connectivity index (χ1v) is 9.88. The van der Waals surface area contributed by atoms with Gasteiger partial charge >= 0.3 is 5.97 Å². The summed E-state index contributed by atoms with van der Waals surface area (Å²) in [5.41, 5.74) is 0.0273. The summed E-state index contributed by atoms with van der Waals surface area (Å²) in [7, 11) is 0. The molecule has 1 fully saturated rings. The van der Waals surface area contributed by atoms with Gasteiger partial charge in [-0.1, -0.05) is 35.3 Å². The third-order valence-electron chi connectivity index (χ3n) is 4.62. The lowest BCUT2D eigenvalue weighted by atomic mass is 9.99. The minimum Gasteiger partial charge on any atom is -0.733 e. The molecule has 13 nitrogen and oxygen atoms in total. The van der Waals surface area contributed by atoms with Crippen LogP contribution in [0.15, 0.2) is 24.3 Å². The Bertz CT molecular complexity index is 782. The number of carboxylic acids is 1. The maximum Gasteiger partial charge on any atom is 0.335 e. The van der Waals surface area contributed by atoms with Gasteiger partial charge in [-0.05, 0) is 17.7 Å². The fourth-order valence-electron chi connectivity index (χ4n) is 2.88. The first-order valence-electron chi connectivity index (χ1n) is 9.00. The van der Waals surface area contributed by atoms with Gasteiger partial charge in [0, 0.05) is 0 Å². The number of anilines is 1. The number of rotatable bonds is 9. The van der Waals surface area contributed by atoms with E-state index < -0.39 is 71.4 Å². The van der Waals surface area contributed by atoms with Crippen LogP contribution in [0.2, 0.25) is 0 Å². The number of nitrogens with zero attached hydrogens (tertiary/aromatic N) is 1. The minimum atomic E-state index is -1.93. The van der Waals surface area contributed by atoms with Crippen molar-refractivity contribution in [2.24, 2.45) is 0 Å². The van der Waals surface area contributed by atoms with Crippen LogP contribution in [0.5, 0.6) is 0 Å². The maximum absolute atomic E-state index is 11.9.